The van der Waals surface area contributed by atoms with Crippen LogP contribution in [0.1, 0.15) is 31.8 Å². The van der Waals surface area contributed by atoms with Crippen LogP contribution in [0.3, 0.4) is 0 Å². The summed E-state index contributed by atoms with van der Waals surface area (Å²) >= 11 is 0. The highest BCUT2D eigenvalue weighted by Gasteiger charge is 2.30. The third-order valence-electron chi connectivity index (χ3n) is 6.16. The molecular weight excluding hydrogens is 456 g/mol. The van der Waals surface area contributed by atoms with Gasteiger partial charge >= 0.3 is 5.97 Å². The van der Waals surface area contributed by atoms with Crippen molar-refractivity contribution in [3.8, 4) is 34.1 Å². The predicted octanol–water partition coefficient (Wildman–Crippen LogP) is 6.23. The Kier molecular flexibility index (Phi) is 5.26. The number of hydrogen-bond acceptors (Lipinski definition) is 6. The SMILES string of the molecule is Cc1c(OC(=O)c2ccc3c(c2)OCO3)ccc2c1O/C(=C\c1ccc(-c3ccccc3)cc1)C2=O. The van der Waals surface area contributed by atoms with E-state index in [2.05, 4.69) is 0 Å². The van der Waals surface area contributed by atoms with Gasteiger partial charge in [0, 0.05) is 5.56 Å². The highest BCUT2D eigenvalue weighted by molar-refractivity contribution is 6.15. The highest BCUT2D eigenvalue weighted by atomic mass is 16.7. The summed E-state index contributed by atoms with van der Waals surface area (Å²) in [5.74, 6) is 1.25. The van der Waals surface area contributed by atoms with Gasteiger partial charge in [0.1, 0.15) is 11.5 Å². The summed E-state index contributed by atoms with van der Waals surface area (Å²) in [7, 11) is 0. The molecular formula is C30H20O6. The summed E-state index contributed by atoms with van der Waals surface area (Å²) in [6.07, 6.45) is 1.72. The van der Waals surface area contributed by atoms with Gasteiger partial charge in [-0.05, 0) is 60.0 Å². The summed E-state index contributed by atoms with van der Waals surface area (Å²) in [6.45, 7) is 1.88. The fourth-order valence-corrected chi connectivity index (χ4v) is 4.21. The highest BCUT2D eigenvalue weighted by Crippen LogP contribution is 2.40. The lowest BCUT2D eigenvalue weighted by Crippen LogP contribution is -2.09. The van der Waals surface area contributed by atoms with Crippen LogP contribution in [0.2, 0.25) is 0 Å². The molecule has 2 aliphatic heterocycles. The maximum atomic E-state index is 13.0. The first kappa shape index (κ1) is 21.7. The molecule has 0 aliphatic carbocycles. The van der Waals surface area contributed by atoms with E-state index in [1.54, 1.807) is 43.3 Å². The van der Waals surface area contributed by atoms with Crippen molar-refractivity contribution >= 4 is 17.8 Å². The van der Waals surface area contributed by atoms with E-state index in [9.17, 15) is 9.59 Å². The number of benzene rings is 4. The Bertz CT molecular complexity index is 1530. The zero-order valence-electron chi connectivity index (χ0n) is 19.3. The summed E-state index contributed by atoms with van der Waals surface area (Å²) in [5.41, 5.74) is 4.38. The van der Waals surface area contributed by atoms with Gasteiger partial charge in [0.05, 0.1) is 11.1 Å². The van der Waals surface area contributed by atoms with Crippen LogP contribution in [0.25, 0.3) is 17.2 Å². The predicted molar refractivity (Wildman–Crippen MR) is 134 cm³/mol. The van der Waals surface area contributed by atoms with Crippen LogP contribution in [-0.2, 0) is 0 Å². The lowest BCUT2D eigenvalue weighted by molar-refractivity contribution is 0.0732. The van der Waals surface area contributed by atoms with Crippen molar-refractivity contribution in [1.29, 1.82) is 0 Å². The molecule has 0 saturated carbocycles. The number of carbonyl (C=O) groups is 2. The molecule has 2 aliphatic rings. The molecule has 36 heavy (non-hydrogen) atoms. The number of Topliss-reactive ketones (excluding diaryl/α,β-unsaturated/α-hetero) is 1. The lowest BCUT2D eigenvalue weighted by atomic mass is 10.0. The second-order valence-electron chi connectivity index (χ2n) is 8.45. The largest absolute Gasteiger partial charge is 0.454 e. The molecule has 0 fully saturated rings. The number of esters is 1. The zero-order valence-corrected chi connectivity index (χ0v) is 19.3. The van der Waals surface area contributed by atoms with Crippen LogP contribution in [0.4, 0.5) is 0 Å². The Hall–Kier alpha value is -4.84. The molecule has 6 nitrogen and oxygen atoms in total. The number of rotatable bonds is 4. The van der Waals surface area contributed by atoms with E-state index in [0.29, 0.717) is 39.7 Å². The first-order valence-electron chi connectivity index (χ1n) is 11.4. The van der Waals surface area contributed by atoms with E-state index in [-0.39, 0.29) is 18.3 Å². The number of ether oxygens (including phenoxy) is 4. The Morgan fingerprint density at radius 3 is 2.42 bits per heavy atom. The summed E-state index contributed by atoms with van der Waals surface area (Å²) in [4.78, 5) is 25.7. The Morgan fingerprint density at radius 2 is 1.61 bits per heavy atom. The monoisotopic (exact) mass is 476 g/mol. The average Bonchev–Trinajstić information content (AvgIpc) is 3.51. The molecule has 0 radical (unpaired) electrons. The van der Waals surface area contributed by atoms with Crippen LogP contribution in [0, 0.1) is 6.92 Å². The van der Waals surface area contributed by atoms with Crippen molar-refractivity contribution in [3.63, 3.8) is 0 Å². The molecule has 0 saturated heterocycles. The molecule has 0 amide bonds. The number of hydrogen-bond donors (Lipinski definition) is 0. The second kappa shape index (κ2) is 8.74. The average molecular weight is 476 g/mol. The molecule has 0 aromatic heterocycles. The molecule has 0 bridgehead atoms. The molecule has 176 valence electrons. The van der Waals surface area contributed by atoms with Gasteiger partial charge in [-0.25, -0.2) is 4.79 Å². The summed E-state index contributed by atoms with van der Waals surface area (Å²) in [6, 6.07) is 26.1. The maximum absolute atomic E-state index is 13.0. The Labute approximate surface area is 207 Å². The van der Waals surface area contributed by atoms with Gasteiger partial charge in [-0.2, -0.15) is 0 Å². The van der Waals surface area contributed by atoms with Crippen molar-refractivity contribution in [2.24, 2.45) is 0 Å². The van der Waals surface area contributed by atoms with Crippen molar-refractivity contribution in [2.75, 3.05) is 6.79 Å². The molecule has 0 atom stereocenters. The quantitative estimate of drug-likeness (QED) is 0.198. The zero-order chi connectivity index (χ0) is 24.6. The van der Waals surface area contributed by atoms with Crippen molar-refractivity contribution < 1.29 is 28.5 Å². The molecule has 4 aromatic carbocycles. The van der Waals surface area contributed by atoms with E-state index in [4.69, 9.17) is 18.9 Å². The summed E-state index contributed by atoms with van der Waals surface area (Å²) < 4.78 is 22.2. The van der Waals surface area contributed by atoms with Gasteiger partial charge in [0.25, 0.3) is 0 Å². The topological polar surface area (TPSA) is 71.1 Å². The normalized spacial score (nSPS) is 14.5. The molecule has 6 rings (SSSR count). The van der Waals surface area contributed by atoms with Crippen LogP contribution in [0.15, 0.2) is 90.7 Å². The molecule has 6 heteroatoms. The maximum Gasteiger partial charge on any atom is 0.343 e. The number of carbonyl (C=O) groups excluding carboxylic acids is 2. The van der Waals surface area contributed by atoms with Gasteiger partial charge in [0.15, 0.2) is 17.3 Å². The fraction of sp³-hybridized carbons (Fsp3) is 0.0667. The van der Waals surface area contributed by atoms with E-state index >= 15 is 0 Å². The van der Waals surface area contributed by atoms with Crippen LogP contribution in [-0.4, -0.2) is 18.5 Å². The molecule has 4 aromatic rings. The minimum atomic E-state index is -0.546. The Morgan fingerprint density at radius 1 is 0.861 bits per heavy atom. The molecule has 0 unspecified atom stereocenters. The summed E-state index contributed by atoms with van der Waals surface area (Å²) in [5, 5.41) is 0. The van der Waals surface area contributed by atoms with Gasteiger partial charge in [-0.1, -0.05) is 54.6 Å². The standard InChI is InChI=1S/C30H20O6/c1-18-24(36-30(32)22-11-13-25-26(16-22)34-17-33-25)14-12-23-28(31)27(35-29(18)23)15-19-7-9-21(10-8-19)20-5-3-2-4-6-20/h2-16H,17H2,1H3/b27-15-. The first-order valence-corrected chi connectivity index (χ1v) is 11.4. The lowest BCUT2D eigenvalue weighted by Gasteiger charge is -2.10. The van der Waals surface area contributed by atoms with Gasteiger partial charge in [-0.3, -0.25) is 4.79 Å². The molecule has 0 spiro atoms. The smallest absolute Gasteiger partial charge is 0.343 e. The Balaban J connectivity index is 1.22. The molecule has 2 heterocycles. The first-order chi connectivity index (χ1) is 17.6. The van der Waals surface area contributed by atoms with Crippen LogP contribution >= 0.6 is 0 Å². The van der Waals surface area contributed by atoms with Crippen LogP contribution < -0.4 is 18.9 Å². The van der Waals surface area contributed by atoms with Gasteiger partial charge < -0.3 is 18.9 Å². The van der Waals surface area contributed by atoms with E-state index in [1.165, 1.54) is 0 Å². The van der Waals surface area contributed by atoms with E-state index < -0.39 is 5.97 Å². The van der Waals surface area contributed by atoms with E-state index in [0.717, 1.165) is 16.7 Å². The van der Waals surface area contributed by atoms with Crippen molar-refractivity contribution in [2.45, 2.75) is 6.92 Å². The second-order valence-corrected chi connectivity index (χ2v) is 8.45. The van der Waals surface area contributed by atoms with Gasteiger partial charge in [0.2, 0.25) is 12.6 Å². The number of fused-ring (bicyclic) bond motifs is 2. The minimum Gasteiger partial charge on any atom is -0.454 e. The third kappa shape index (κ3) is 3.88. The van der Waals surface area contributed by atoms with E-state index in [1.807, 2.05) is 54.6 Å². The molecule has 0 N–H and O–H groups in total. The minimum absolute atomic E-state index is 0.121. The number of allylic oxidation sites excluding steroid dienone is 1. The third-order valence-corrected chi connectivity index (χ3v) is 6.16. The fourth-order valence-electron chi connectivity index (χ4n) is 4.21. The van der Waals surface area contributed by atoms with Crippen LogP contribution in [0.5, 0.6) is 23.0 Å². The van der Waals surface area contributed by atoms with Gasteiger partial charge in [-0.15, -0.1) is 0 Å². The van der Waals surface area contributed by atoms with Crippen molar-refractivity contribution in [3.05, 3.63) is 113 Å². The number of ketones is 1. The van der Waals surface area contributed by atoms with Crippen molar-refractivity contribution in [1.82, 2.24) is 0 Å².